The van der Waals surface area contributed by atoms with E-state index < -0.39 is 0 Å². The molecule has 1 aromatic rings. The SMILES string of the molecule is CCCCc1nc(C2CCC(C)CC2)no1. The van der Waals surface area contributed by atoms with Crippen LogP contribution in [0, 0.1) is 5.92 Å². The Morgan fingerprint density at radius 3 is 2.69 bits per heavy atom. The Morgan fingerprint density at radius 2 is 2.00 bits per heavy atom. The van der Waals surface area contributed by atoms with E-state index in [2.05, 4.69) is 24.0 Å². The van der Waals surface area contributed by atoms with Gasteiger partial charge < -0.3 is 4.52 Å². The summed E-state index contributed by atoms with van der Waals surface area (Å²) in [4.78, 5) is 4.52. The first kappa shape index (κ1) is 11.6. The minimum atomic E-state index is 0.551. The van der Waals surface area contributed by atoms with Gasteiger partial charge in [-0.2, -0.15) is 4.98 Å². The van der Waals surface area contributed by atoms with Crippen LogP contribution in [0.5, 0.6) is 0 Å². The van der Waals surface area contributed by atoms with E-state index in [4.69, 9.17) is 4.52 Å². The smallest absolute Gasteiger partial charge is 0.226 e. The van der Waals surface area contributed by atoms with Gasteiger partial charge in [-0.25, -0.2) is 0 Å². The molecule has 0 saturated heterocycles. The van der Waals surface area contributed by atoms with Crippen LogP contribution >= 0.6 is 0 Å². The molecular weight excluding hydrogens is 200 g/mol. The predicted molar refractivity (Wildman–Crippen MR) is 63.3 cm³/mol. The number of unbranched alkanes of at least 4 members (excludes halogenated alkanes) is 1. The summed E-state index contributed by atoms with van der Waals surface area (Å²) in [7, 11) is 0. The Balaban J connectivity index is 1.91. The summed E-state index contributed by atoms with van der Waals surface area (Å²) < 4.78 is 5.29. The van der Waals surface area contributed by atoms with Crippen LogP contribution in [0.15, 0.2) is 4.52 Å². The maximum Gasteiger partial charge on any atom is 0.226 e. The quantitative estimate of drug-likeness (QED) is 0.779. The standard InChI is InChI=1S/C13H22N2O/c1-3-4-5-12-14-13(15-16-12)11-8-6-10(2)7-9-11/h10-11H,3-9H2,1-2H3. The van der Waals surface area contributed by atoms with Crippen LogP contribution in [-0.4, -0.2) is 10.1 Å². The fourth-order valence-corrected chi connectivity index (χ4v) is 2.38. The van der Waals surface area contributed by atoms with Crippen molar-refractivity contribution in [3.8, 4) is 0 Å². The van der Waals surface area contributed by atoms with Gasteiger partial charge >= 0.3 is 0 Å². The monoisotopic (exact) mass is 222 g/mol. The zero-order valence-electron chi connectivity index (χ0n) is 10.4. The van der Waals surface area contributed by atoms with Gasteiger partial charge in [-0.15, -0.1) is 0 Å². The van der Waals surface area contributed by atoms with Crippen LogP contribution in [0.4, 0.5) is 0 Å². The lowest BCUT2D eigenvalue weighted by molar-refractivity contribution is 0.323. The summed E-state index contributed by atoms with van der Waals surface area (Å²) in [6.45, 7) is 4.51. The summed E-state index contributed by atoms with van der Waals surface area (Å²) in [6.07, 6.45) is 8.34. The van der Waals surface area contributed by atoms with Gasteiger partial charge in [0.15, 0.2) is 5.82 Å². The first-order chi connectivity index (χ1) is 7.79. The average molecular weight is 222 g/mol. The third-order valence-electron chi connectivity index (χ3n) is 3.61. The lowest BCUT2D eigenvalue weighted by atomic mass is 9.83. The molecule has 0 radical (unpaired) electrons. The predicted octanol–water partition coefficient (Wildman–Crippen LogP) is 3.71. The van der Waals surface area contributed by atoms with E-state index in [1.54, 1.807) is 0 Å². The van der Waals surface area contributed by atoms with Crippen LogP contribution in [0.1, 0.15) is 70.0 Å². The molecule has 3 heteroatoms. The van der Waals surface area contributed by atoms with Crippen molar-refractivity contribution >= 4 is 0 Å². The number of rotatable bonds is 4. The van der Waals surface area contributed by atoms with Crippen LogP contribution in [0.25, 0.3) is 0 Å². The average Bonchev–Trinajstić information content (AvgIpc) is 2.76. The molecule has 0 atom stereocenters. The molecule has 1 aliphatic carbocycles. The Kier molecular flexibility index (Phi) is 3.97. The van der Waals surface area contributed by atoms with Gasteiger partial charge in [0.25, 0.3) is 0 Å². The van der Waals surface area contributed by atoms with Crippen molar-refractivity contribution in [2.75, 3.05) is 0 Å². The van der Waals surface area contributed by atoms with Gasteiger partial charge in [0.05, 0.1) is 0 Å². The molecule has 1 aliphatic rings. The largest absolute Gasteiger partial charge is 0.339 e. The normalized spacial score (nSPS) is 25.9. The summed E-state index contributed by atoms with van der Waals surface area (Å²) >= 11 is 0. The van der Waals surface area contributed by atoms with Crippen LogP contribution in [0.2, 0.25) is 0 Å². The Morgan fingerprint density at radius 1 is 1.25 bits per heavy atom. The summed E-state index contributed by atoms with van der Waals surface area (Å²) in [5, 5.41) is 4.13. The second-order valence-corrected chi connectivity index (χ2v) is 5.11. The molecule has 1 fully saturated rings. The molecule has 3 nitrogen and oxygen atoms in total. The van der Waals surface area contributed by atoms with E-state index in [1.165, 1.54) is 32.1 Å². The van der Waals surface area contributed by atoms with Gasteiger partial charge in [-0.3, -0.25) is 0 Å². The Labute approximate surface area is 97.6 Å². The zero-order valence-corrected chi connectivity index (χ0v) is 10.4. The van der Waals surface area contributed by atoms with Gasteiger partial charge in [-0.05, 0) is 25.2 Å². The van der Waals surface area contributed by atoms with Crippen molar-refractivity contribution in [1.82, 2.24) is 10.1 Å². The molecule has 0 aliphatic heterocycles. The molecule has 1 saturated carbocycles. The molecule has 1 heterocycles. The maximum absolute atomic E-state index is 5.29. The van der Waals surface area contributed by atoms with E-state index >= 15 is 0 Å². The topological polar surface area (TPSA) is 38.9 Å². The molecule has 0 amide bonds. The number of nitrogens with zero attached hydrogens (tertiary/aromatic N) is 2. The lowest BCUT2D eigenvalue weighted by Gasteiger charge is -2.23. The highest BCUT2D eigenvalue weighted by atomic mass is 16.5. The molecule has 0 spiro atoms. The van der Waals surface area contributed by atoms with Crippen molar-refractivity contribution in [3.05, 3.63) is 11.7 Å². The molecule has 0 bridgehead atoms. The first-order valence-electron chi connectivity index (χ1n) is 6.62. The number of hydrogen-bond donors (Lipinski definition) is 0. The minimum Gasteiger partial charge on any atom is -0.339 e. The third kappa shape index (κ3) is 2.83. The zero-order chi connectivity index (χ0) is 11.4. The van der Waals surface area contributed by atoms with Crippen molar-refractivity contribution < 1.29 is 4.52 Å². The first-order valence-corrected chi connectivity index (χ1v) is 6.62. The summed E-state index contributed by atoms with van der Waals surface area (Å²) in [5.41, 5.74) is 0. The van der Waals surface area contributed by atoms with Crippen LogP contribution in [0.3, 0.4) is 0 Å². The Bertz CT molecular complexity index is 313. The highest BCUT2D eigenvalue weighted by Gasteiger charge is 2.23. The molecule has 16 heavy (non-hydrogen) atoms. The number of aryl methyl sites for hydroxylation is 1. The fourth-order valence-electron chi connectivity index (χ4n) is 2.38. The van der Waals surface area contributed by atoms with Crippen LogP contribution < -0.4 is 0 Å². The van der Waals surface area contributed by atoms with Crippen molar-refractivity contribution in [3.63, 3.8) is 0 Å². The second kappa shape index (κ2) is 5.46. The maximum atomic E-state index is 5.29. The van der Waals surface area contributed by atoms with Gasteiger partial charge in [0.1, 0.15) is 0 Å². The van der Waals surface area contributed by atoms with Gasteiger partial charge in [0, 0.05) is 12.3 Å². The van der Waals surface area contributed by atoms with Crippen molar-refractivity contribution in [2.24, 2.45) is 5.92 Å². The lowest BCUT2D eigenvalue weighted by Crippen LogP contribution is -2.12. The molecular formula is C13H22N2O. The van der Waals surface area contributed by atoms with Crippen molar-refractivity contribution in [1.29, 1.82) is 0 Å². The van der Waals surface area contributed by atoms with E-state index in [9.17, 15) is 0 Å². The third-order valence-corrected chi connectivity index (χ3v) is 3.61. The van der Waals surface area contributed by atoms with E-state index in [0.29, 0.717) is 5.92 Å². The summed E-state index contributed by atoms with van der Waals surface area (Å²) in [5.74, 6) is 3.21. The minimum absolute atomic E-state index is 0.551. The summed E-state index contributed by atoms with van der Waals surface area (Å²) in [6, 6.07) is 0. The van der Waals surface area contributed by atoms with E-state index in [1.807, 2.05) is 0 Å². The molecule has 0 N–H and O–H groups in total. The van der Waals surface area contributed by atoms with Gasteiger partial charge in [0.2, 0.25) is 5.89 Å². The Hall–Kier alpha value is -0.860. The molecule has 0 unspecified atom stereocenters. The van der Waals surface area contributed by atoms with Crippen molar-refractivity contribution in [2.45, 2.75) is 64.7 Å². The van der Waals surface area contributed by atoms with Crippen LogP contribution in [-0.2, 0) is 6.42 Å². The highest BCUT2D eigenvalue weighted by molar-refractivity contribution is 4.97. The molecule has 1 aromatic heterocycles. The molecule has 2 rings (SSSR count). The fraction of sp³-hybridized carbons (Fsp3) is 0.846. The number of aromatic nitrogens is 2. The molecule has 90 valence electrons. The van der Waals surface area contributed by atoms with Gasteiger partial charge in [-0.1, -0.05) is 38.3 Å². The second-order valence-electron chi connectivity index (χ2n) is 5.11. The van der Waals surface area contributed by atoms with E-state index in [0.717, 1.165) is 30.5 Å². The van der Waals surface area contributed by atoms with E-state index in [-0.39, 0.29) is 0 Å². The highest BCUT2D eigenvalue weighted by Crippen LogP contribution is 2.34. The number of hydrogen-bond acceptors (Lipinski definition) is 3. The molecule has 0 aromatic carbocycles.